The molecule has 0 radical (unpaired) electrons. The number of benzene rings is 2. The van der Waals surface area contributed by atoms with Crippen LogP contribution in [0.4, 0.5) is 0 Å². The zero-order valence-electron chi connectivity index (χ0n) is 16.9. The van der Waals surface area contributed by atoms with E-state index in [1.54, 1.807) is 0 Å². The van der Waals surface area contributed by atoms with Gasteiger partial charge in [-0.25, -0.2) is 9.78 Å². The summed E-state index contributed by atoms with van der Waals surface area (Å²) in [6.07, 6.45) is 3.49. The van der Waals surface area contributed by atoms with Crippen molar-refractivity contribution in [1.82, 2.24) is 10.3 Å². The Hall–Kier alpha value is -3.87. The van der Waals surface area contributed by atoms with Gasteiger partial charge in [0.25, 0.3) is 5.91 Å². The number of allylic oxidation sites excluding steroid dienone is 1. The highest BCUT2D eigenvalue weighted by Gasteiger charge is 2.28. The number of nitrogens with zero attached hydrogens (tertiary/aromatic N) is 1. The van der Waals surface area contributed by atoms with Gasteiger partial charge >= 0.3 is 5.97 Å². The number of rotatable bonds is 4. The normalized spacial score (nSPS) is 15.2. The second-order valence-corrected chi connectivity index (χ2v) is 7.36. The minimum atomic E-state index is -0.511. The molecule has 7 heteroatoms. The van der Waals surface area contributed by atoms with E-state index in [0.717, 1.165) is 45.7 Å². The van der Waals surface area contributed by atoms with Crippen molar-refractivity contribution in [2.75, 3.05) is 20.4 Å². The van der Waals surface area contributed by atoms with Crippen LogP contribution in [0.2, 0.25) is 0 Å². The summed E-state index contributed by atoms with van der Waals surface area (Å²) in [7, 11) is 1.50. The molecule has 1 aliphatic heterocycles. The fourth-order valence-electron chi connectivity index (χ4n) is 3.99. The maximum atomic E-state index is 13.0. The molecule has 0 saturated heterocycles. The largest absolute Gasteiger partial charge is 0.454 e. The summed E-state index contributed by atoms with van der Waals surface area (Å²) in [5.41, 5.74) is 4.87. The third-order valence-corrected chi connectivity index (χ3v) is 5.50. The van der Waals surface area contributed by atoms with Gasteiger partial charge < -0.3 is 19.5 Å². The number of esters is 1. The molecule has 1 aromatic heterocycles. The van der Waals surface area contributed by atoms with E-state index < -0.39 is 5.97 Å². The van der Waals surface area contributed by atoms with Crippen LogP contribution in [0, 0.1) is 0 Å². The molecule has 2 heterocycles. The van der Waals surface area contributed by atoms with Crippen molar-refractivity contribution in [2.45, 2.75) is 12.8 Å². The Kier molecular flexibility index (Phi) is 4.78. The lowest BCUT2D eigenvalue weighted by Gasteiger charge is -2.12. The monoisotopic (exact) mass is 416 g/mol. The van der Waals surface area contributed by atoms with Crippen LogP contribution in [0.1, 0.15) is 33.6 Å². The number of carbonyl (C=O) groups is 2. The third kappa shape index (κ3) is 3.48. The van der Waals surface area contributed by atoms with E-state index in [1.165, 1.54) is 7.05 Å². The van der Waals surface area contributed by atoms with Gasteiger partial charge in [-0.3, -0.25) is 4.79 Å². The molecule has 7 nitrogen and oxygen atoms in total. The van der Waals surface area contributed by atoms with Gasteiger partial charge in [0.05, 0.1) is 16.8 Å². The standard InChI is InChI=1S/C24H20N2O5/c1-25-21(27)12-29-24(28)22-16-4-2-3-5-18(16)26-23-15(7-8-17(22)23)10-14-6-9-19-20(11-14)31-13-30-19/h2-6,9-11H,7-8,12-13H2,1H3,(H,25,27)/b15-10-. The zero-order valence-corrected chi connectivity index (χ0v) is 16.9. The topological polar surface area (TPSA) is 86.8 Å². The lowest BCUT2D eigenvalue weighted by Crippen LogP contribution is -2.25. The SMILES string of the molecule is CNC(=O)COC(=O)c1c2c(nc3ccccc13)/C(=C\c1ccc3c(c1)OCO3)CC2. The maximum absolute atomic E-state index is 13.0. The van der Waals surface area contributed by atoms with Crippen LogP contribution in [-0.2, 0) is 16.0 Å². The molecule has 0 fully saturated rings. The zero-order chi connectivity index (χ0) is 21.4. The van der Waals surface area contributed by atoms with Crippen LogP contribution >= 0.6 is 0 Å². The minimum Gasteiger partial charge on any atom is -0.454 e. The van der Waals surface area contributed by atoms with Gasteiger partial charge in [0.15, 0.2) is 18.1 Å². The van der Waals surface area contributed by atoms with E-state index in [0.29, 0.717) is 17.5 Å². The molecule has 5 rings (SSSR count). The Morgan fingerprint density at radius 3 is 2.84 bits per heavy atom. The number of hydrogen-bond donors (Lipinski definition) is 1. The van der Waals surface area contributed by atoms with E-state index >= 15 is 0 Å². The van der Waals surface area contributed by atoms with Gasteiger partial charge in [0.2, 0.25) is 6.79 Å². The molecule has 3 aromatic rings. The van der Waals surface area contributed by atoms with Gasteiger partial charge in [-0.1, -0.05) is 24.3 Å². The van der Waals surface area contributed by atoms with E-state index in [9.17, 15) is 9.59 Å². The summed E-state index contributed by atoms with van der Waals surface area (Å²) in [5, 5.41) is 3.19. The van der Waals surface area contributed by atoms with Crippen LogP contribution in [0.3, 0.4) is 0 Å². The van der Waals surface area contributed by atoms with Crippen molar-refractivity contribution in [2.24, 2.45) is 0 Å². The summed E-state index contributed by atoms with van der Waals surface area (Å²) < 4.78 is 16.1. The molecular formula is C24H20N2O5. The molecule has 0 bridgehead atoms. The van der Waals surface area contributed by atoms with E-state index in [-0.39, 0.29) is 19.3 Å². The number of amides is 1. The number of carbonyl (C=O) groups excluding carboxylic acids is 2. The highest BCUT2D eigenvalue weighted by atomic mass is 16.7. The predicted octanol–water partition coefficient (Wildman–Crippen LogP) is 3.35. The molecule has 31 heavy (non-hydrogen) atoms. The minimum absolute atomic E-state index is 0.229. The summed E-state index contributed by atoms with van der Waals surface area (Å²) in [6.45, 7) is -0.0894. The summed E-state index contributed by atoms with van der Waals surface area (Å²) in [4.78, 5) is 29.4. The molecular weight excluding hydrogens is 396 g/mol. The van der Waals surface area contributed by atoms with Crippen LogP contribution < -0.4 is 14.8 Å². The number of likely N-dealkylation sites (N-methyl/N-ethyl adjacent to an activating group) is 1. The maximum Gasteiger partial charge on any atom is 0.339 e. The van der Waals surface area contributed by atoms with Gasteiger partial charge in [-0.15, -0.1) is 0 Å². The van der Waals surface area contributed by atoms with Gasteiger partial charge in [0, 0.05) is 12.4 Å². The van der Waals surface area contributed by atoms with Crippen molar-refractivity contribution >= 4 is 34.4 Å². The van der Waals surface area contributed by atoms with Crippen molar-refractivity contribution < 1.29 is 23.8 Å². The molecule has 156 valence electrons. The van der Waals surface area contributed by atoms with Crippen LogP contribution in [-0.4, -0.2) is 37.3 Å². The second-order valence-electron chi connectivity index (χ2n) is 7.36. The molecule has 2 aliphatic rings. The molecule has 0 spiro atoms. The Balaban J connectivity index is 1.57. The Bertz CT molecular complexity index is 1250. The average molecular weight is 416 g/mol. The van der Waals surface area contributed by atoms with Crippen LogP contribution in [0.25, 0.3) is 22.6 Å². The first kappa shape index (κ1) is 19.1. The first-order valence-corrected chi connectivity index (χ1v) is 10.0. The highest BCUT2D eigenvalue weighted by molar-refractivity contribution is 6.07. The molecule has 1 N–H and O–H groups in total. The predicted molar refractivity (Wildman–Crippen MR) is 115 cm³/mol. The number of para-hydroxylation sites is 1. The fraction of sp³-hybridized carbons (Fsp3) is 0.208. The van der Waals surface area contributed by atoms with E-state index in [2.05, 4.69) is 11.4 Å². The number of ether oxygens (including phenoxy) is 3. The van der Waals surface area contributed by atoms with Crippen molar-refractivity contribution in [3.8, 4) is 11.5 Å². The Morgan fingerprint density at radius 2 is 1.97 bits per heavy atom. The van der Waals surface area contributed by atoms with Crippen molar-refractivity contribution in [1.29, 1.82) is 0 Å². The average Bonchev–Trinajstić information content (AvgIpc) is 3.42. The van der Waals surface area contributed by atoms with Crippen LogP contribution in [0.15, 0.2) is 42.5 Å². The molecule has 0 unspecified atom stereocenters. The van der Waals surface area contributed by atoms with Gasteiger partial charge in [0.1, 0.15) is 0 Å². The molecule has 1 aliphatic carbocycles. The van der Waals surface area contributed by atoms with E-state index in [4.69, 9.17) is 19.2 Å². The summed E-state index contributed by atoms with van der Waals surface area (Å²) >= 11 is 0. The van der Waals surface area contributed by atoms with Crippen LogP contribution in [0.5, 0.6) is 11.5 Å². The Labute approximate surface area is 178 Å². The number of hydrogen-bond acceptors (Lipinski definition) is 6. The number of aromatic nitrogens is 1. The number of fused-ring (bicyclic) bond motifs is 3. The van der Waals surface area contributed by atoms with E-state index in [1.807, 2.05) is 42.5 Å². The molecule has 2 aromatic carbocycles. The van der Waals surface area contributed by atoms with Crippen molar-refractivity contribution in [3.05, 3.63) is 64.8 Å². The first-order chi connectivity index (χ1) is 15.1. The van der Waals surface area contributed by atoms with Gasteiger partial charge in [-0.05, 0) is 53.8 Å². The number of pyridine rings is 1. The van der Waals surface area contributed by atoms with Gasteiger partial charge in [-0.2, -0.15) is 0 Å². The fourth-order valence-corrected chi connectivity index (χ4v) is 3.99. The quantitative estimate of drug-likeness (QED) is 0.657. The summed E-state index contributed by atoms with van der Waals surface area (Å²) in [5.74, 6) is 0.589. The molecule has 0 atom stereocenters. The van der Waals surface area contributed by atoms with Crippen molar-refractivity contribution in [3.63, 3.8) is 0 Å². The first-order valence-electron chi connectivity index (χ1n) is 10.0. The Morgan fingerprint density at radius 1 is 1.13 bits per heavy atom. The lowest BCUT2D eigenvalue weighted by molar-refractivity contribution is -0.123. The second kappa shape index (κ2) is 7.75. The smallest absolute Gasteiger partial charge is 0.339 e. The third-order valence-electron chi connectivity index (χ3n) is 5.50. The summed E-state index contributed by atoms with van der Waals surface area (Å²) in [6, 6.07) is 13.3. The number of nitrogens with one attached hydrogen (secondary N) is 1. The lowest BCUT2D eigenvalue weighted by atomic mass is 10.0. The molecule has 0 saturated carbocycles. The molecule has 1 amide bonds. The highest BCUT2D eigenvalue weighted by Crippen LogP contribution is 2.39.